The van der Waals surface area contributed by atoms with Gasteiger partial charge >= 0.3 is 0 Å². The van der Waals surface area contributed by atoms with Crippen LogP contribution in [-0.2, 0) is 23.0 Å². The lowest BCUT2D eigenvalue weighted by molar-refractivity contribution is 0.298. The molecule has 2 bridgehead atoms. The van der Waals surface area contributed by atoms with Crippen LogP contribution in [-0.4, -0.2) is 36.8 Å². The van der Waals surface area contributed by atoms with Gasteiger partial charge in [0.1, 0.15) is 10.7 Å². The molecule has 2 aliphatic heterocycles. The van der Waals surface area contributed by atoms with Crippen LogP contribution in [0.3, 0.4) is 0 Å². The fourth-order valence-electron chi connectivity index (χ4n) is 4.96. The Hall–Kier alpha value is -2.63. The normalized spacial score (nSPS) is 21.7. The van der Waals surface area contributed by atoms with E-state index < -0.39 is 32.4 Å². The van der Waals surface area contributed by atoms with E-state index in [0.717, 1.165) is 55.2 Å². The van der Waals surface area contributed by atoms with E-state index in [-0.39, 0.29) is 18.1 Å². The highest BCUT2D eigenvalue weighted by molar-refractivity contribution is 7.92. The topological polar surface area (TPSA) is 74.3 Å². The van der Waals surface area contributed by atoms with Crippen LogP contribution in [0.5, 0.6) is 0 Å². The summed E-state index contributed by atoms with van der Waals surface area (Å²) in [5, 5.41) is 4.29. The summed E-state index contributed by atoms with van der Waals surface area (Å²) in [5.41, 5.74) is 0.990. The molecular weight excluding hydrogens is 485 g/mol. The van der Waals surface area contributed by atoms with Crippen molar-refractivity contribution in [2.75, 3.05) is 23.1 Å². The van der Waals surface area contributed by atoms with Gasteiger partial charge in [-0.3, -0.25) is 9.62 Å². The lowest BCUT2D eigenvalue weighted by Gasteiger charge is -2.21. The highest BCUT2D eigenvalue weighted by Crippen LogP contribution is 2.37. The predicted molar refractivity (Wildman–Crippen MR) is 125 cm³/mol. The molecule has 0 amide bonds. The smallest absolute Gasteiger partial charge is 0.266 e. The Labute approximate surface area is 200 Å². The summed E-state index contributed by atoms with van der Waals surface area (Å²) in [5.74, 6) is -2.65. The van der Waals surface area contributed by atoms with Gasteiger partial charge in [0.2, 0.25) is 0 Å². The number of anilines is 2. The third-order valence-electron chi connectivity index (χ3n) is 6.70. The van der Waals surface area contributed by atoms with Gasteiger partial charge in [0, 0.05) is 23.5 Å². The fraction of sp³-hybridized carbons (Fsp3) is 0.348. The Morgan fingerprint density at radius 1 is 1.06 bits per heavy atom. The van der Waals surface area contributed by atoms with Gasteiger partial charge in [-0.2, -0.15) is 4.37 Å². The first-order chi connectivity index (χ1) is 16.3. The minimum absolute atomic E-state index is 0.0196. The number of hydrogen-bond donors (Lipinski definition) is 2. The molecule has 3 heterocycles. The van der Waals surface area contributed by atoms with Crippen LogP contribution in [0.25, 0.3) is 0 Å². The number of aromatic nitrogens is 1. The molecule has 5 rings (SSSR count). The highest BCUT2D eigenvalue weighted by atomic mass is 32.2. The van der Waals surface area contributed by atoms with E-state index in [9.17, 15) is 21.6 Å². The van der Waals surface area contributed by atoms with E-state index >= 15 is 0 Å². The van der Waals surface area contributed by atoms with Crippen LogP contribution >= 0.6 is 11.5 Å². The summed E-state index contributed by atoms with van der Waals surface area (Å²) < 4.78 is 75.0. The van der Waals surface area contributed by atoms with Gasteiger partial charge in [0.15, 0.2) is 17.5 Å². The number of sulfonamides is 1. The first-order valence-corrected chi connectivity index (χ1v) is 13.3. The van der Waals surface area contributed by atoms with E-state index in [4.69, 9.17) is 0 Å². The second kappa shape index (κ2) is 9.20. The number of hydrogen-bond acceptors (Lipinski definition) is 6. The van der Waals surface area contributed by atoms with Crippen molar-refractivity contribution in [1.29, 1.82) is 0 Å². The lowest BCUT2D eigenvalue weighted by Crippen LogP contribution is -2.28. The van der Waals surface area contributed by atoms with Crippen molar-refractivity contribution in [2.45, 2.75) is 36.7 Å². The van der Waals surface area contributed by atoms with Crippen molar-refractivity contribution >= 4 is 33.1 Å². The van der Waals surface area contributed by atoms with Gasteiger partial charge in [-0.05, 0) is 79.6 Å². The summed E-state index contributed by atoms with van der Waals surface area (Å²) in [7, 11) is -4.36. The number of piperidine rings is 1. The molecule has 34 heavy (non-hydrogen) atoms. The summed E-state index contributed by atoms with van der Waals surface area (Å²) >= 11 is 1.02. The number of halogens is 3. The molecule has 180 valence electrons. The van der Waals surface area contributed by atoms with Crippen LogP contribution in [0.15, 0.2) is 46.7 Å². The molecule has 3 aromatic rings. The molecular formula is C23H23F3N4O2S2. The SMILES string of the molecule is O=S(=O)(Nc1ccsn1)c1ccc(NCc2c(F)cccc2CC2C3CCN2CC3)c(F)c1F. The average molecular weight is 509 g/mol. The van der Waals surface area contributed by atoms with Gasteiger partial charge in [0.05, 0.1) is 5.69 Å². The van der Waals surface area contributed by atoms with Crippen molar-refractivity contribution in [1.82, 2.24) is 9.27 Å². The minimum atomic E-state index is -4.36. The van der Waals surface area contributed by atoms with Crippen LogP contribution in [0.4, 0.5) is 24.7 Å². The van der Waals surface area contributed by atoms with Crippen LogP contribution in [0.2, 0.25) is 0 Å². The molecule has 2 aromatic carbocycles. The van der Waals surface area contributed by atoms with Crippen LogP contribution < -0.4 is 10.0 Å². The Kier molecular flexibility index (Phi) is 6.26. The molecule has 0 spiro atoms. The Bertz CT molecular complexity index is 1280. The monoisotopic (exact) mass is 508 g/mol. The standard InChI is InChI=1S/C23H23F3N4O2S2/c24-17-3-1-2-15(12-19-14-6-9-30(19)10-7-14)16(17)13-27-18-4-5-20(23(26)22(18)25)34(31,32)29-21-8-11-33-28-21/h1-5,8,11,14,19,27H,6-7,9-10,12-13H2,(H,28,29). The maximum absolute atomic E-state index is 14.8. The molecule has 1 atom stereocenters. The molecule has 11 heteroatoms. The number of benzene rings is 2. The Morgan fingerprint density at radius 3 is 2.53 bits per heavy atom. The van der Waals surface area contributed by atoms with Crippen LogP contribution in [0.1, 0.15) is 24.0 Å². The highest BCUT2D eigenvalue weighted by Gasteiger charge is 2.39. The third kappa shape index (κ3) is 4.39. The van der Waals surface area contributed by atoms with Crippen molar-refractivity contribution in [3.05, 3.63) is 70.4 Å². The quantitative estimate of drug-likeness (QED) is 0.465. The number of fused-ring (bicyclic) bond motifs is 2. The van der Waals surface area contributed by atoms with Crippen molar-refractivity contribution in [2.24, 2.45) is 5.92 Å². The largest absolute Gasteiger partial charge is 0.378 e. The van der Waals surface area contributed by atoms with E-state index in [2.05, 4.69) is 19.3 Å². The molecule has 2 N–H and O–H groups in total. The Morgan fingerprint density at radius 2 is 1.85 bits per heavy atom. The van der Waals surface area contributed by atoms with E-state index in [1.165, 1.54) is 12.1 Å². The van der Waals surface area contributed by atoms with E-state index in [0.29, 0.717) is 23.9 Å². The number of nitrogens with one attached hydrogen (secondary N) is 2. The maximum atomic E-state index is 14.8. The summed E-state index contributed by atoms with van der Waals surface area (Å²) in [6.07, 6.45) is 3.02. The predicted octanol–water partition coefficient (Wildman–Crippen LogP) is 4.61. The molecule has 0 aliphatic carbocycles. The molecule has 6 nitrogen and oxygen atoms in total. The maximum Gasteiger partial charge on any atom is 0.266 e. The van der Waals surface area contributed by atoms with E-state index in [1.807, 2.05) is 6.07 Å². The zero-order chi connectivity index (χ0) is 23.9. The zero-order valence-electron chi connectivity index (χ0n) is 18.1. The molecule has 0 radical (unpaired) electrons. The van der Waals surface area contributed by atoms with Crippen molar-refractivity contribution in [3.63, 3.8) is 0 Å². The van der Waals surface area contributed by atoms with Crippen LogP contribution in [0, 0.1) is 23.4 Å². The van der Waals surface area contributed by atoms with Gasteiger partial charge in [-0.1, -0.05) is 12.1 Å². The number of rotatable bonds is 8. The van der Waals surface area contributed by atoms with Crippen molar-refractivity contribution < 1.29 is 21.6 Å². The van der Waals surface area contributed by atoms with Gasteiger partial charge in [0.25, 0.3) is 10.0 Å². The molecule has 2 aliphatic rings. The molecule has 2 saturated heterocycles. The summed E-state index contributed by atoms with van der Waals surface area (Å²) in [4.78, 5) is 1.60. The molecule has 1 unspecified atom stereocenters. The van der Waals surface area contributed by atoms with Crippen molar-refractivity contribution in [3.8, 4) is 0 Å². The third-order valence-corrected chi connectivity index (χ3v) is 8.63. The fourth-order valence-corrected chi connectivity index (χ4v) is 6.57. The van der Waals surface area contributed by atoms with Gasteiger partial charge < -0.3 is 5.32 Å². The lowest BCUT2D eigenvalue weighted by atomic mass is 9.92. The van der Waals surface area contributed by atoms with Gasteiger partial charge in [-0.15, -0.1) is 0 Å². The van der Waals surface area contributed by atoms with E-state index in [1.54, 1.807) is 11.4 Å². The molecule has 2 fully saturated rings. The first-order valence-electron chi connectivity index (χ1n) is 11.0. The second-order valence-electron chi connectivity index (χ2n) is 8.61. The molecule has 0 saturated carbocycles. The number of nitrogens with zero attached hydrogens (tertiary/aromatic N) is 2. The van der Waals surface area contributed by atoms with Gasteiger partial charge in [-0.25, -0.2) is 21.6 Å². The summed E-state index contributed by atoms with van der Waals surface area (Å²) in [6, 6.07) is 8.78. The Balaban J connectivity index is 1.34. The second-order valence-corrected chi connectivity index (χ2v) is 10.9. The summed E-state index contributed by atoms with van der Waals surface area (Å²) in [6.45, 7) is 2.07. The minimum Gasteiger partial charge on any atom is -0.378 e. The zero-order valence-corrected chi connectivity index (χ0v) is 19.7. The molecule has 1 aromatic heterocycles. The first kappa shape index (κ1) is 23.1. The average Bonchev–Trinajstić information content (AvgIpc) is 3.54.